The number of allylic oxidation sites excluding steroid dienone is 11. The minimum atomic E-state index is 0.219. The highest BCUT2D eigenvalue weighted by Crippen LogP contribution is 2.26. The third-order valence-corrected chi connectivity index (χ3v) is 7.38. The Kier molecular flexibility index (Phi) is 15.7. The highest BCUT2D eigenvalue weighted by atomic mass is 16.5. The monoisotopic (exact) mass is 541 g/mol. The van der Waals surface area contributed by atoms with Crippen LogP contribution in [-0.4, -0.2) is 30.5 Å². The molecular weight excluding hydrogens is 490 g/mol. The van der Waals surface area contributed by atoms with Crippen LogP contribution in [0, 0.1) is 5.92 Å². The molecule has 1 aliphatic rings. The second-order valence-corrected chi connectivity index (χ2v) is 10.6. The molecule has 2 rings (SSSR count). The molecule has 0 aromatic heterocycles. The van der Waals surface area contributed by atoms with E-state index >= 15 is 0 Å². The van der Waals surface area contributed by atoms with Gasteiger partial charge in [-0.25, -0.2) is 0 Å². The SMILES string of the molecule is C=CC1=CCC=CC(CCC(=O)N(CCCC)C/C(C)=C/C=C(\C)C(CC)COCc2ccccc2)=C1/C=C\C. The van der Waals surface area contributed by atoms with Crippen LogP contribution in [0.25, 0.3) is 0 Å². The van der Waals surface area contributed by atoms with Crippen molar-refractivity contribution >= 4 is 5.91 Å². The molecular formula is C37H51NO2. The van der Waals surface area contributed by atoms with Gasteiger partial charge in [-0.1, -0.05) is 117 Å². The molecule has 1 unspecified atom stereocenters. The minimum Gasteiger partial charge on any atom is -0.376 e. The molecule has 0 fully saturated rings. The Morgan fingerprint density at radius 3 is 2.60 bits per heavy atom. The average Bonchev–Trinajstić information content (AvgIpc) is 3.17. The summed E-state index contributed by atoms with van der Waals surface area (Å²) in [5.74, 6) is 0.601. The summed E-state index contributed by atoms with van der Waals surface area (Å²) in [5.41, 5.74) is 7.24. The van der Waals surface area contributed by atoms with Crippen LogP contribution < -0.4 is 0 Å². The molecule has 216 valence electrons. The van der Waals surface area contributed by atoms with Gasteiger partial charge in [0.1, 0.15) is 0 Å². The summed E-state index contributed by atoms with van der Waals surface area (Å²) in [5, 5.41) is 0. The normalized spacial score (nSPS) is 15.3. The number of unbranched alkanes of at least 4 members (excludes halogenated alkanes) is 1. The molecule has 0 radical (unpaired) electrons. The Labute approximate surface area is 244 Å². The second-order valence-electron chi connectivity index (χ2n) is 10.6. The Morgan fingerprint density at radius 2 is 1.93 bits per heavy atom. The molecule has 0 bridgehead atoms. The third kappa shape index (κ3) is 11.5. The summed E-state index contributed by atoms with van der Waals surface area (Å²) in [6.45, 7) is 17.5. The van der Waals surface area contributed by atoms with Gasteiger partial charge in [0.2, 0.25) is 5.91 Å². The molecule has 0 saturated carbocycles. The van der Waals surface area contributed by atoms with Crippen molar-refractivity contribution in [2.75, 3.05) is 19.7 Å². The maximum atomic E-state index is 13.4. The van der Waals surface area contributed by atoms with E-state index in [1.54, 1.807) is 0 Å². The summed E-state index contributed by atoms with van der Waals surface area (Å²) in [7, 11) is 0. The number of rotatable bonds is 17. The van der Waals surface area contributed by atoms with E-state index in [0.717, 1.165) is 44.2 Å². The highest BCUT2D eigenvalue weighted by molar-refractivity contribution is 5.77. The fourth-order valence-corrected chi connectivity index (χ4v) is 4.84. The lowest BCUT2D eigenvalue weighted by Gasteiger charge is -2.23. The number of carbonyl (C=O) groups is 1. The van der Waals surface area contributed by atoms with Crippen LogP contribution in [0.5, 0.6) is 0 Å². The maximum Gasteiger partial charge on any atom is 0.223 e. The lowest BCUT2D eigenvalue weighted by molar-refractivity contribution is -0.130. The van der Waals surface area contributed by atoms with E-state index in [4.69, 9.17) is 4.74 Å². The quantitative estimate of drug-likeness (QED) is 0.184. The minimum absolute atomic E-state index is 0.219. The highest BCUT2D eigenvalue weighted by Gasteiger charge is 2.16. The van der Waals surface area contributed by atoms with Crippen molar-refractivity contribution in [1.29, 1.82) is 0 Å². The first-order valence-electron chi connectivity index (χ1n) is 15.0. The number of carbonyl (C=O) groups excluding carboxylic acids is 1. The largest absolute Gasteiger partial charge is 0.376 e. The summed E-state index contributed by atoms with van der Waals surface area (Å²) >= 11 is 0. The predicted octanol–water partition coefficient (Wildman–Crippen LogP) is 9.48. The summed E-state index contributed by atoms with van der Waals surface area (Å²) in [4.78, 5) is 15.5. The zero-order chi connectivity index (χ0) is 29.2. The van der Waals surface area contributed by atoms with Gasteiger partial charge in [-0.2, -0.15) is 0 Å². The van der Waals surface area contributed by atoms with Crippen LogP contribution in [0.3, 0.4) is 0 Å². The number of ether oxygens (including phenoxy) is 1. The molecule has 3 heteroatoms. The Hall–Kier alpha value is -3.17. The van der Waals surface area contributed by atoms with Gasteiger partial charge in [-0.05, 0) is 68.7 Å². The van der Waals surface area contributed by atoms with Crippen molar-refractivity contribution < 1.29 is 9.53 Å². The Morgan fingerprint density at radius 1 is 1.15 bits per heavy atom. The molecule has 1 aliphatic carbocycles. The molecule has 1 aromatic rings. The number of amides is 1. The number of benzene rings is 1. The van der Waals surface area contributed by atoms with Crippen LogP contribution in [0.2, 0.25) is 0 Å². The van der Waals surface area contributed by atoms with Crippen LogP contribution in [0.1, 0.15) is 78.7 Å². The molecule has 3 nitrogen and oxygen atoms in total. The molecule has 0 N–H and O–H groups in total. The lowest BCUT2D eigenvalue weighted by atomic mass is 9.96. The van der Waals surface area contributed by atoms with Crippen LogP contribution in [-0.2, 0) is 16.1 Å². The Balaban J connectivity index is 2.03. The average molecular weight is 542 g/mol. The lowest BCUT2D eigenvalue weighted by Crippen LogP contribution is -2.33. The van der Waals surface area contributed by atoms with E-state index in [-0.39, 0.29) is 5.91 Å². The van der Waals surface area contributed by atoms with Crippen molar-refractivity contribution in [2.45, 2.75) is 79.8 Å². The van der Waals surface area contributed by atoms with Crippen molar-refractivity contribution in [3.63, 3.8) is 0 Å². The van der Waals surface area contributed by atoms with Gasteiger partial charge in [0.15, 0.2) is 0 Å². The third-order valence-electron chi connectivity index (χ3n) is 7.38. The first-order valence-corrected chi connectivity index (χ1v) is 15.0. The standard InChI is InChI=1S/C37H51NO2/c1-7-11-26-38(37(39)25-24-35-21-16-15-20-33(9-3)36(35)17-8-2)27-30(5)22-23-31(6)34(10-4)29-40-28-32-18-13-12-14-19-32/h8-9,12-14,16-23,34H,3,7,10-11,15,24-29H2,1-2,4-6H3/b17-8-,30-22+,31-23+. The first kappa shape index (κ1) is 33.0. The van der Waals surface area contributed by atoms with Crippen molar-refractivity contribution in [3.05, 3.63) is 119 Å². The van der Waals surface area contributed by atoms with Gasteiger partial charge < -0.3 is 9.64 Å². The summed E-state index contributed by atoms with van der Waals surface area (Å²) in [6.07, 6.45) is 22.3. The number of nitrogens with zero attached hydrogens (tertiary/aromatic N) is 1. The van der Waals surface area contributed by atoms with Gasteiger partial charge in [0, 0.05) is 25.4 Å². The van der Waals surface area contributed by atoms with E-state index in [9.17, 15) is 4.79 Å². The van der Waals surface area contributed by atoms with Crippen molar-refractivity contribution in [1.82, 2.24) is 4.90 Å². The van der Waals surface area contributed by atoms with E-state index in [2.05, 4.69) is 88.9 Å². The van der Waals surface area contributed by atoms with Gasteiger partial charge in [-0.15, -0.1) is 0 Å². The Bertz CT molecular complexity index is 1110. The van der Waals surface area contributed by atoms with Gasteiger partial charge in [0.25, 0.3) is 0 Å². The first-order chi connectivity index (χ1) is 19.4. The fraction of sp³-hybridized carbons (Fsp3) is 0.432. The van der Waals surface area contributed by atoms with Crippen molar-refractivity contribution in [3.8, 4) is 0 Å². The van der Waals surface area contributed by atoms with Crippen molar-refractivity contribution in [2.24, 2.45) is 5.92 Å². The topological polar surface area (TPSA) is 29.5 Å². The van der Waals surface area contributed by atoms with Gasteiger partial charge in [0.05, 0.1) is 13.2 Å². The van der Waals surface area contributed by atoms with E-state index in [0.29, 0.717) is 32.1 Å². The molecule has 40 heavy (non-hydrogen) atoms. The zero-order valence-electron chi connectivity index (χ0n) is 25.6. The van der Waals surface area contributed by atoms with E-state index in [1.165, 1.54) is 27.9 Å². The number of hydrogen-bond donors (Lipinski definition) is 0. The zero-order valence-corrected chi connectivity index (χ0v) is 25.6. The molecule has 0 heterocycles. The molecule has 0 spiro atoms. The van der Waals surface area contributed by atoms with Crippen LogP contribution in [0.15, 0.2) is 113 Å². The molecule has 1 aromatic carbocycles. The molecule has 0 aliphatic heterocycles. The molecule has 1 atom stereocenters. The van der Waals surface area contributed by atoms with Gasteiger partial charge >= 0.3 is 0 Å². The summed E-state index contributed by atoms with van der Waals surface area (Å²) in [6, 6.07) is 10.3. The second kappa shape index (κ2) is 19.0. The van der Waals surface area contributed by atoms with E-state index in [1.807, 2.05) is 36.1 Å². The fourth-order valence-electron chi connectivity index (χ4n) is 4.84. The smallest absolute Gasteiger partial charge is 0.223 e. The number of hydrogen-bond acceptors (Lipinski definition) is 2. The van der Waals surface area contributed by atoms with E-state index < -0.39 is 0 Å². The summed E-state index contributed by atoms with van der Waals surface area (Å²) < 4.78 is 6.03. The maximum absolute atomic E-state index is 13.4. The van der Waals surface area contributed by atoms with Crippen LogP contribution in [0.4, 0.5) is 0 Å². The van der Waals surface area contributed by atoms with Gasteiger partial charge in [-0.3, -0.25) is 4.79 Å². The molecule has 0 saturated heterocycles. The molecule has 1 amide bonds. The predicted molar refractivity (Wildman–Crippen MR) is 172 cm³/mol. The van der Waals surface area contributed by atoms with Crippen LogP contribution >= 0.6 is 0 Å².